The van der Waals surface area contributed by atoms with Crippen molar-refractivity contribution < 1.29 is 23.5 Å². The van der Waals surface area contributed by atoms with Gasteiger partial charge in [0.25, 0.3) is 11.5 Å². The molecule has 3 aromatic carbocycles. The molecule has 196 valence electrons. The van der Waals surface area contributed by atoms with E-state index in [9.17, 15) is 28.3 Å². The van der Waals surface area contributed by atoms with Gasteiger partial charge in [-0.3, -0.25) is 19.1 Å². The average Bonchev–Trinajstić information content (AvgIpc) is 3.42. The summed E-state index contributed by atoms with van der Waals surface area (Å²) in [4.78, 5) is 40.5. The number of aliphatic hydroxyl groups excluding tert-OH is 1. The van der Waals surface area contributed by atoms with Crippen molar-refractivity contribution in [3.8, 4) is 5.69 Å². The van der Waals surface area contributed by atoms with Crippen LogP contribution in [0.4, 0.5) is 25.0 Å². The van der Waals surface area contributed by atoms with Crippen molar-refractivity contribution >= 4 is 34.9 Å². The number of aliphatic hydroxyl groups is 1. The first-order chi connectivity index (χ1) is 18.7. The number of anilines is 2. The highest BCUT2D eigenvalue weighted by Gasteiger charge is 2.37. The van der Waals surface area contributed by atoms with Crippen molar-refractivity contribution in [3.63, 3.8) is 0 Å². The molecule has 0 saturated carbocycles. The number of aromatic nitrogens is 1. The van der Waals surface area contributed by atoms with Crippen LogP contribution in [0.15, 0.2) is 77.7 Å². The zero-order chi connectivity index (χ0) is 27.4. The van der Waals surface area contributed by atoms with Crippen LogP contribution in [0.3, 0.4) is 0 Å². The normalized spacial score (nSPS) is 17.5. The molecule has 3 amide bonds. The lowest BCUT2D eigenvalue weighted by Gasteiger charge is -2.22. The monoisotopic (exact) mass is 548 g/mol. The molecule has 0 unspecified atom stereocenters. The molecule has 2 aliphatic heterocycles. The molecule has 0 fully saturated rings. The van der Waals surface area contributed by atoms with E-state index in [0.29, 0.717) is 16.9 Å². The van der Waals surface area contributed by atoms with E-state index in [2.05, 4.69) is 10.6 Å². The van der Waals surface area contributed by atoms with Gasteiger partial charge < -0.3 is 15.7 Å². The Labute approximate surface area is 225 Å². The molecule has 8 nitrogen and oxygen atoms in total. The molecule has 11 heteroatoms. The summed E-state index contributed by atoms with van der Waals surface area (Å²) in [5, 5.41) is 16.2. The Balaban J connectivity index is 1.49. The van der Waals surface area contributed by atoms with Crippen molar-refractivity contribution in [2.45, 2.75) is 12.1 Å². The molecule has 0 spiro atoms. The zero-order valence-electron chi connectivity index (χ0n) is 20.0. The largest absolute Gasteiger partial charge is 0.386 e. The number of urea groups is 1. The summed E-state index contributed by atoms with van der Waals surface area (Å²) in [6.07, 6.45) is 0.425. The summed E-state index contributed by atoms with van der Waals surface area (Å²) in [5.41, 5.74) is 1.46. The number of hydrogen-bond acceptors (Lipinski definition) is 4. The highest BCUT2D eigenvalue weighted by atomic mass is 35.5. The SMILES string of the molecule is O=C1N[C@H](c2cc(F)ccc2Cl)c2c(NC(=O)N3C[C@@H](O)c4cc(F)ccc43)cc(-n3ccccc3=O)cc21. The fourth-order valence-electron chi connectivity index (χ4n) is 5.05. The minimum absolute atomic E-state index is 0.124. The number of halogens is 3. The van der Waals surface area contributed by atoms with Gasteiger partial charge >= 0.3 is 6.03 Å². The van der Waals surface area contributed by atoms with E-state index in [4.69, 9.17) is 11.6 Å². The number of carbonyl (C=O) groups excluding carboxylic acids is 2. The number of nitrogens with one attached hydrogen (secondary N) is 2. The summed E-state index contributed by atoms with van der Waals surface area (Å²) in [6.45, 7) is -0.124. The summed E-state index contributed by atoms with van der Waals surface area (Å²) in [6, 6.07) is 13.5. The van der Waals surface area contributed by atoms with Crippen LogP contribution in [0.25, 0.3) is 5.69 Å². The predicted molar refractivity (Wildman–Crippen MR) is 140 cm³/mol. The maximum Gasteiger partial charge on any atom is 0.326 e. The smallest absolute Gasteiger partial charge is 0.326 e. The highest BCUT2D eigenvalue weighted by molar-refractivity contribution is 6.31. The number of fused-ring (bicyclic) bond motifs is 2. The van der Waals surface area contributed by atoms with E-state index in [1.807, 2.05) is 0 Å². The van der Waals surface area contributed by atoms with Crippen LogP contribution >= 0.6 is 11.6 Å². The van der Waals surface area contributed by atoms with Crippen LogP contribution in [0.1, 0.15) is 39.2 Å². The third-order valence-electron chi connectivity index (χ3n) is 6.82. The van der Waals surface area contributed by atoms with Crippen molar-refractivity contribution in [2.75, 3.05) is 16.8 Å². The Bertz CT molecular complexity index is 1740. The van der Waals surface area contributed by atoms with Crippen LogP contribution in [-0.2, 0) is 0 Å². The number of amides is 3. The Morgan fingerprint density at radius 2 is 1.74 bits per heavy atom. The zero-order valence-corrected chi connectivity index (χ0v) is 20.7. The van der Waals surface area contributed by atoms with Crippen molar-refractivity contribution in [1.29, 1.82) is 0 Å². The molecular formula is C28H19ClF2N4O4. The van der Waals surface area contributed by atoms with E-state index < -0.39 is 35.7 Å². The first-order valence-corrected chi connectivity index (χ1v) is 12.3. The topological polar surface area (TPSA) is 104 Å². The van der Waals surface area contributed by atoms with Gasteiger partial charge in [-0.05, 0) is 54.6 Å². The number of β-amino-alcohol motifs (C(OH)–C–C–N with tert-alkyl or cyclic N) is 1. The number of carbonyl (C=O) groups is 2. The summed E-state index contributed by atoms with van der Waals surface area (Å²) < 4.78 is 29.3. The first-order valence-electron chi connectivity index (χ1n) is 11.9. The van der Waals surface area contributed by atoms with Crippen LogP contribution < -0.4 is 21.1 Å². The Morgan fingerprint density at radius 3 is 2.51 bits per heavy atom. The summed E-state index contributed by atoms with van der Waals surface area (Å²) in [5.74, 6) is -1.62. The van der Waals surface area contributed by atoms with Crippen LogP contribution in [0.5, 0.6) is 0 Å². The molecule has 2 atom stereocenters. The fourth-order valence-corrected chi connectivity index (χ4v) is 5.28. The van der Waals surface area contributed by atoms with Gasteiger partial charge in [-0.15, -0.1) is 0 Å². The molecule has 39 heavy (non-hydrogen) atoms. The van der Waals surface area contributed by atoms with Gasteiger partial charge in [-0.25, -0.2) is 13.6 Å². The van der Waals surface area contributed by atoms with E-state index in [-0.39, 0.29) is 39.5 Å². The molecule has 0 saturated heterocycles. The molecule has 2 aliphatic rings. The molecule has 0 radical (unpaired) electrons. The van der Waals surface area contributed by atoms with E-state index >= 15 is 0 Å². The number of pyridine rings is 1. The van der Waals surface area contributed by atoms with Crippen molar-refractivity contribution in [2.24, 2.45) is 0 Å². The van der Waals surface area contributed by atoms with Crippen LogP contribution in [-0.4, -0.2) is 28.2 Å². The standard InChI is InChI=1S/C28H19ClF2N4O4/c29-20-6-4-14(30)9-17(20)26-25-19(27(38)33-26)11-16(34-8-2-1-3-24(34)37)12-21(25)32-28(39)35-13-23(36)18-10-15(31)5-7-22(18)35/h1-12,23,26,36H,13H2,(H,32,39)(H,33,38)/t23-,26-/m1/s1. The summed E-state index contributed by atoms with van der Waals surface area (Å²) in [7, 11) is 0. The number of nitrogens with zero attached hydrogens (tertiary/aromatic N) is 2. The van der Waals surface area contributed by atoms with E-state index in [1.54, 1.807) is 12.1 Å². The maximum absolute atomic E-state index is 14.2. The predicted octanol–water partition coefficient (Wildman–Crippen LogP) is 4.69. The second-order valence-corrected chi connectivity index (χ2v) is 9.60. The highest BCUT2D eigenvalue weighted by Crippen LogP contribution is 2.41. The Kier molecular flexibility index (Phi) is 5.93. The lowest BCUT2D eigenvalue weighted by atomic mass is 9.95. The maximum atomic E-state index is 14.2. The average molecular weight is 549 g/mol. The lowest BCUT2D eigenvalue weighted by molar-refractivity contribution is 0.0960. The molecule has 0 bridgehead atoms. The first kappa shape index (κ1) is 24.8. The van der Waals surface area contributed by atoms with Gasteiger partial charge in [0, 0.05) is 39.5 Å². The number of benzene rings is 3. The second-order valence-electron chi connectivity index (χ2n) is 9.20. The lowest BCUT2D eigenvalue weighted by Crippen LogP contribution is -2.34. The van der Waals surface area contributed by atoms with Gasteiger partial charge in [0.05, 0.1) is 35.8 Å². The third-order valence-corrected chi connectivity index (χ3v) is 7.17. The third kappa shape index (κ3) is 4.23. The molecule has 6 rings (SSSR count). The molecule has 1 aromatic heterocycles. The van der Waals surface area contributed by atoms with Gasteiger partial charge in [0.15, 0.2) is 0 Å². The Hall–Kier alpha value is -4.54. The fraction of sp³-hybridized carbons (Fsp3) is 0.107. The molecule has 3 heterocycles. The minimum atomic E-state index is -1.09. The van der Waals surface area contributed by atoms with Gasteiger partial charge in [0.2, 0.25) is 0 Å². The van der Waals surface area contributed by atoms with Crippen molar-refractivity contribution in [1.82, 2.24) is 9.88 Å². The minimum Gasteiger partial charge on any atom is -0.386 e. The van der Waals surface area contributed by atoms with Crippen molar-refractivity contribution in [3.05, 3.63) is 122 Å². The van der Waals surface area contributed by atoms with Gasteiger partial charge in [-0.2, -0.15) is 0 Å². The quantitative estimate of drug-likeness (QED) is 0.346. The summed E-state index contributed by atoms with van der Waals surface area (Å²) >= 11 is 6.37. The van der Waals surface area contributed by atoms with E-state index in [0.717, 1.165) is 6.07 Å². The second kappa shape index (κ2) is 9.33. The van der Waals surface area contributed by atoms with Gasteiger partial charge in [0.1, 0.15) is 11.6 Å². The Morgan fingerprint density at radius 1 is 1.00 bits per heavy atom. The number of rotatable bonds is 3. The van der Waals surface area contributed by atoms with Crippen LogP contribution in [0.2, 0.25) is 5.02 Å². The van der Waals surface area contributed by atoms with Gasteiger partial charge in [-0.1, -0.05) is 17.7 Å². The number of hydrogen-bond donors (Lipinski definition) is 3. The molecule has 3 N–H and O–H groups in total. The van der Waals surface area contributed by atoms with E-state index in [1.165, 1.54) is 64.2 Å². The molecule has 0 aliphatic carbocycles. The molecule has 4 aromatic rings. The molecular weight excluding hydrogens is 530 g/mol. The van der Waals surface area contributed by atoms with Crippen LogP contribution in [0, 0.1) is 11.6 Å².